The van der Waals surface area contributed by atoms with Crippen molar-refractivity contribution in [2.24, 2.45) is 5.73 Å². The number of hydrogen-bond donors (Lipinski definition) is 2. The molecule has 1 amide bonds. The highest BCUT2D eigenvalue weighted by molar-refractivity contribution is 9.10. The van der Waals surface area contributed by atoms with E-state index in [1.54, 1.807) is 0 Å². The van der Waals surface area contributed by atoms with Crippen LogP contribution in [0.2, 0.25) is 0 Å². The number of nitrogens with two attached hydrogens (primary N) is 1. The standard InChI is InChI=1S/C14H16BrF3N2O/c15-9-3-4-10(11(7-9)14(16,17)18)12(21)20-13(8-19)5-1-2-6-13/h3-4,7H,1-2,5-6,8,19H2,(H,20,21). The molecule has 3 nitrogen and oxygen atoms in total. The van der Waals surface area contributed by atoms with E-state index < -0.39 is 23.2 Å². The summed E-state index contributed by atoms with van der Waals surface area (Å²) >= 11 is 3.00. The van der Waals surface area contributed by atoms with Gasteiger partial charge in [-0.05, 0) is 31.0 Å². The first-order valence-corrected chi connectivity index (χ1v) is 7.46. The summed E-state index contributed by atoms with van der Waals surface area (Å²) in [6, 6.07) is 3.52. The van der Waals surface area contributed by atoms with Gasteiger partial charge >= 0.3 is 6.18 Å². The normalized spacial score (nSPS) is 17.8. The van der Waals surface area contributed by atoms with Crippen molar-refractivity contribution in [3.05, 3.63) is 33.8 Å². The second kappa shape index (κ2) is 5.96. The van der Waals surface area contributed by atoms with Crippen LogP contribution < -0.4 is 11.1 Å². The summed E-state index contributed by atoms with van der Waals surface area (Å²) in [5.41, 5.74) is 3.81. The zero-order valence-electron chi connectivity index (χ0n) is 11.3. The topological polar surface area (TPSA) is 55.1 Å². The molecule has 3 N–H and O–H groups in total. The molecule has 116 valence electrons. The fourth-order valence-electron chi connectivity index (χ4n) is 2.69. The Labute approximate surface area is 129 Å². The Bertz CT molecular complexity index is 540. The molecule has 1 saturated carbocycles. The van der Waals surface area contributed by atoms with Crippen molar-refractivity contribution in [1.82, 2.24) is 5.32 Å². The lowest BCUT2D eigenvalue weighted by atomic mass is 9.96. The van der Waals surface area contributed by atoms with Crippen LogP contribution in [0.15, 0.2) is 22.7 Å². The predicted molar refractivity (Wildman–Crippen MR) is 76.9 cm³/mol. The summed E-state index contributed by atoms with van der Waals surface area (Å²) in [5, 5.41) is 2.71. The number of carbonyl (C=O) groups is 1. The van der Waals surface area contributed by atoms with E-state index >= 15 is 0 Å². The highest BCUT2D eigenvalue weighted by atomic mass is 79.9. The van der Waals surface area contributed by atoms with Gasteiger partial charge in [0.1, 0.15) is 0 Å². The van der Waals surface area contributed by atoms with E-state index in [-0.39, 0.29) is 16.6 Å². The van der Waals surface area contributed by atoms with Gasteiger partial charge in [0.25, 0.3) is 5.91 Å². The number of alkyl halides is 3. The number of amides is 1. The Balaban J connectivity index is 2.31. The van der Waals surface area contributed by atoms with E-state index in [1.807, 2.05) is 0 Å². The molecule has 1 aliphatic rings. The Morgan fingerprint density at radius 2 is 1.95 bits per heavy atom. The quantitative estimate of drug-likeness (QED) is 0.862. The summed E-state index contributed by atoms with van der Waals surface area (Å²) in [5.74, 6) is -0.720. The summed E-state index contributed by atoms with van der Waals surface area (Å²) in [6.07, 6.45) is -1.34. The predicted octanol–water partition coefficient (Wildman–Crippen LogP) is 3.47. The van der Waals surface area contributed by atoms with Gasteiger partial charge in [-0.2, -0.15) is 13.2 Å². The van der Waals surface area contributed by atoms with Crippen LogP contribution in [-0.2, 0) is 6.18 Å². The van der Waals surface area contributed by atoms with E-state index in [2.05, 4.69) is 21.2 Å². The molecule has 0 bridgehead atoms. The van der Waals surface area contributed by atoms with Crippen LogP contribution in [0.3, 0.4) is 0 Å². The number of rotatable bonds is 3. The van der Waals surface area contributed by atoms with Gasteiger partial charge in [-0.1, -0.05) is 28.8 Å². The molecule has 2 rings (SSSR count). The van der Waals surface area contributed by atoms with Gasteiger partial charge in [0.2, 0.25) is 0 Å². The highest BCUT2D eigenvalue weighted by Gasteiger charge is 2.38. The molecule has 0 aromatic heterocycles. The molecule has 0 saturated heterocycles. The first-order chi connectivity index (χ1) is 9.77. The van der Waals surface area contributed by atoms with E-state index in [4.69, 9.17) is 5.73 Å². The lowest BCUT2D eigenvalue weighted by Gasteiger charge is -2.29. The molecule has 0 aliphatic heterocycles. The molecule has 0 heterocycles. The molecule has 1 aromatic rings. The summed E-state index contributed by atoms with van der Waals surface area (Å²) in [7, 11) is 0. The molecule has 1 aromatic carbocycles. The Morgan fingerprint density at radius 3 is 2.48 bits per heavy atom. The van der Waals surface area contributed by atoms with Crippen molar-refractivity contribution in [2.75, 3.05) is 6.54 Å². The maximum Gasteiger partial charge on any atom is 0.417 e. The summed E-state index contributed by atoms with van der Waals surface area (Å²) in [4.78, 5) is 12.3. The Hall–Kier alpha value is -1.08. The molecule has 0 atom stereocenters. The van der Waals surface area contributed by atoms with Gasteiger partial charge in [0.05, 0.1) is 16.7 Å². The minimum atomic E-state index is -4.58. The van der Waals surface area contributed by atoms with Gasteiger partial charge in [-0.25, -0.2) is 0 Å². The largest absolute Gasteiger partial charge is 0.417 e. The first kappa shape index (κ1) is 16.3. The van der Waals surface area contributed by atoms with E-state index in [1.165, 1.54) is 12.1 Å². The van der Waals surface area contributed by atoms with Crippen molar-refractivity contribution in [2.45, 2.75) is 37.4 Å². The van der Waals surface area contributed by atoms with Crippen LogP contribution in [0, 0.1) is 0 Å². The lowest BCUT2D eigenvalue weighted by Crippen LogP contribution is -2.51. The molecular weight excluding hydrogens is 349 g/mol. The van der Waals surface area contributed by atoms with Crippen LogP contribution in [-0.4, -0.2) is 18.0 Å². The van der Waals surface area contributed by atoms with Crippen molar-refractivity contribution in [3.63, 3.8) is 0 Å². The van der Waals surface area contributed by atoms with E-state index in [0.29, 0.717) is 12.8 Å². The molecule has 1 aliphatic carbocycles. The van der Waals surface area contributed by atoms with E-state index in [0.717, 1.165) is 18.9 Å². The van der Waals surface area contributed by atoms with Crippen molar-refractivity contribution in [3.8, 4) is 0 Å². The summed E-state index contributed by atoms with van der Waals surface area (Å²) in [6.45, 7) is 0.233. The molecule has 7 heteroatoms. The number of carbonyl (C=O) groups excluding carboxylic acids is 1. The van der Waals surface area contributed by atoms with Crippen LogP contribution >= 0.6 is 15.9 Å². The average Bonchev–Trinajstić information content (AvgIpc) is 2.86. The third kappa shape index (κ3) is 3.58. The van der Waals surface area contributed by atoms with Gasteiger partial charge in [0, 0.05) is 11.0 Å². The minimum absolute atomic E-state index is 0.233. The SMILES string of the molecule is NCC1(NC(=O)c2ccc(Br)cc2C(F)(F)F)CCCC1. The molecule has 1 fully saturated rings. The first-order valence-electron chi connectivity index (χ1n) is 6.67. The number of halogens is 4. The van der Waals surface area contributed by atoms with Crippen LogP contribution in [0.25, 0.3) is 0 Å². The Morgan fingerprint density at radius 1 is 1.33 bits per heavy atom. The third-order valence-corrected chi connectivity index (χ3v) is 4.35. The molecular formula is C14H16BrF3N2O. The zero-order valence-corrected chi connectivity index (χ0v) is 12.9. The molecule has 0 radical (unpaired) electrons. The smallest absolute Gasteiger partial charge is 0.345 e. The van der Waals surface area contributed by atoms with Gasteiger partial charge in [-0.15, -0.1) is 0 Å². The summed E-state index contributed by atoms with van der Waals surface area (Å²) < 4.78 is 39.4. The highest BCUT2D eigenvalue weighted by Crippen LogP contribution is 2.35. The minimum Gasteiger partial charge on any atom is -0.345 e. The second-order valence-electron chi connectivity index (χ2n) is 5.33. The molecule has 0 spiro atoms. The zero-order chi connectivity index (χ0) is 15.7. The van der Waals surface area contributed by atoms with Gasteiger partial charge < -0.3 is 11.1 Å². The fraction of sp³-hybridized carbons (Fsp3) is 0.500. The second-order valence-corrected chi connectivity index (χ2v) is 6.25. The fourth-order valence-corrected chi connectivity index (χ4v) is 3.05. The average molecular weight is 365 g/mol. The maximum absolute atomic E-state index is 13.1. The van der Waals surface area contributed by atoms with Crippen molar-refractivity contribution in [1.29, 1.82) is 0 Å². The Kier molecular flexibility index (Phi) is 4.63. The van der Waals surface area contributed by atoms with Gasteiger partial charge in [0.15, 0.2) is 0 Å². The third-order valence-electron chi connectivity index (χ3n) is 3.86. The van der Waals surface area contributed by atoms with Crippen molar-refractivity contribution >= 4 is 21.8 Å². The van der Waals surface area contributed by atoms with Crippen molar-refractivity contribution < 1.29 is 18.0 Å². The van der Waals surface area contributed by atoms with Crippen LogP contribution in [0.1, 0.15) is 41.6 Å². The number of benzene rings is 1. The molecule has 21 heavy (non-hydrogen) atoms. The van der Waals surface area contributed by atoms with E-state index in [9.17, 15) is 18.0 Å². The molecule has 0 unspecified atom stereocenters. The number of nitrogens with one attached hydrogen (secondary N) is 1. The van der Waals surface area contributed by atoms with Crippen LogP contribution in [0.5, 0.6) is 0 Å². The van der Waals surface area contributed by atoms with Gasteiger partial charge in [-0.3, -0.25) is 4.79 Å². The monoisotopic (exact) mass is 364 g/mol. The number of hydrogen-bond acceptors (Lipinski definition) is 2. The lowest BCUT2D eigenvalue weighted by molar-refractivity contribution is -0.138. The van der Waals surface area contributed by atoms with Crippen LogP contribution in [0.4, 0.5) is 13.2 Å². The maximum atomic E-state index is 13.1.